The van der Waals surface area contributed by atoms with Gasteiger partial charge in [-0.1, -0.05) is 0 Å². The SMILES string of the molecule is CC(C)N1CCN(c2ccc(-c3cc4oc(=O)n(Cc5ccc(-c6nnc(C(F)F)o6)cn5)c4cc3F)cn2)CC1. The molecule has 0 spiro atoms. The Hall–Kier alpha value is -4.52. The van der Waals surface area contributed by atoms with E-state index in [-0.39, 0.29) is 29.1 Å². The van der Waals surface area contributed by atoms with E-state index >= 15 is 4.39 Å². The van der Waals surface area contributed by atoms with Crippen LogP contribution in [-0.4, -0.2) is 61.9 Å². The molecule has 10 nitrogen and oxygen atoms in total. The molecule has 0 radical (unpaired) electrons. The zero-order chi connectivity index (χ0) is 28.7. The number of alkyl halides is 2. The second-order valence-electron chi connectivity index (χ2n) is 10.1. The van der Waals surface area contributed by atoms with Crippen LogP contribution >= 0.6 is 0 Å². The van der Waals surface area contributed by atoms with Crippen molar-refractivity contribution in [2.45, 2.75) is 32.9 Å². The number of aromatic nitrogens is 5. The van der Waals surface area contributed by atoms with Crippen molar-refractivity contribution >= 4 is 16.9 Å². The third kappa shape index (κ3) is 5.32. The van der Waals surface area contributed by atoms with Crippen molar-refractivity contribution in [3.05, 3.63) is 76.7 Å². The molecular weight excluding hydrogens is 539 g/mol. The summed E-state index contributed by atoms with van der Waals surface area (Å²) < 4.78 is 52.4. The number of fused-ring (bicyclic) bond motifs is 1. The summed E-state index contributed by atoms with van der Waals surface area (Å²) in [5.41, 5.74) is 2.12. The second-order valence-corrected chi connectivity index (χ2v) is 10.1. The summed E-state index contributed by atoms with van der Waals surface area (Å²) in [6.07, 6.45) is 0.116. The van der Waals surface area contributed by atoms with Crippen LogP contribution in [0.25, 0.3) is 33.7 Å². The van der Waals surface area contributed by atoms with Gasteiger partial charge in [-0.3, -0.25) is 14.5 Å². The van der Waals surface area contributed by atoms with Crippen LogP contribution in [0.5, 0.6) is 0 Å². The Labute approximate surface area is 232 Å². The van der Waals surface area contributed by atoms with E-state index in [1.54, 1.807) is 18.3 Å². The lowest BCUT2D eigenvalue weighted by Gasteiger charge is -2.37. The van der Waals surface area contributed by atoms with Crippen molar-refractivity contribution in [3.63, 3.8) is 0 Å². The number of oxazole rings is 1. The maximum atomic E-state index is 15.3. The largest absolute Gasteiger partial charge is 0.420 e. The third-order valence-corrected chi connectivity index (χ3v) is 7.20. The van der Waals surface area contributed by atoms with Crippen molar-refractivity contribution in [2.24, 2.45) is 0 Å². The number of anilines is 1. The number of benzene rings is 1. The van der Waals surface area contributed by atoms with Crippen LogP contribution in [0.1, 0.15) is 31.9 Å². The van der Waals surface area contributed by atoms with Crippen LogP contribution in [0.15, 0.2) is 62.4 Å². The number of nitrogens with zero attached hydrogens (tertiary/aromatic N) is 7. The van der Waals surface area contributed by atoms with Crippen LogP contribution in [0.4, 0.5) is 19.0 Å². The molecule has 5 heterocycles. The average molecular weight is 566 g/mol. The highest BCUT2D eigenvalue weighted by atomic mass is 19.3. The molecule has 0 unspecified atom stereocenters. The molecule has 41 heavy (non-hydrogen) atoms. The lowest BCUT2D eigenvalue weighted by Crippen LogP contribution is -2.49. The fourth-order valence-electron chi connectivity index (χ4n) is 4.90. The molecule has 212 valence electrons. The molecular formula is C28H26F3N7O3. The van der Waals surface area contributed by atoms with Gasteiger partial charge in [0.05, 0.1) is 23.3 Å². The monoisotopic (exact) mass is 565 g/mol. The molecule has 1 aliphatic rings. The molecule has 0 N–H and O–H groups in total. The van der Waals surface area contributed by atoms with E-state index in [0.29, 0.717) is 22.9 Å². The molecule has 1 aliphatic heterocycles. The molecule has 0 aliphatic carbocycles. The Morgan fingerprint density at radius 3 is 2.32 bits per heavy atom. The van der Waals surface area contributed by atoms with E-state index < -0.39 is 23.9 Å². The normalized spacial score (nSPS) is 14.6. The zero-order valence-electron chi connectivity index (χ0n) is 22.3. The summed E-state index contributed by atoms with van der Waals surface area (Å²) in [5, 5.41) is 6.89. The van der Waals surface area contributed by atoms with Gasteiger partial charge < -0.3 is 13.7 Å². The van der Waals surface area contributed by atoms with Crippen molar-refractivity contribution in [2.75, 3.05) is 31.1 Å². The Morgan fingerprint density at radius 1 is 0.927 bits per heavy atom. The standard InChI is InChI=1S/C28H26F3N7O3/c1-16(2)36-7-9-37(10-8-36)24-6-4-17(13-33-24)20-11-23-22(12-21(20)29)38(28(39)40-23)15-19-5-3-18(14-32-19)26-34-35-27(41-26)25(30)31/h3-6,11-14,16,25H,7-10,15H2,1-2H3. The summed E-state index contributed by atoms with van der Waals surface area (Å²) in [4.78, 5) is 26.1. The number of hydrogen-bond donors (Lipinski definition) is 0. The molecule has 5 aromatic rings. The Kier molecular flexibility index (Phi) is 7.03. The van der Waals surface area contributed by atoms with Gasteiger partial charge >= 0.3 is 12.2 Å². The summed E-state index contributed by atoms with van der Waals surface area (Å²) in [6.45, 7) is 8.04. The van der Waals surface area contributed by atoms with Crippen molar-refractivity contribution in [3.8, 4) is 22.6 Å². The minimum atomic E-state index is -2.88. The molecule has 0 saturated carbocycles. The highest BCUT2D eigenvalue weighted by Gasteiger charge is 2.21. The molecule has 1 aromatic carbocycles. The summed E-state index contributed by atoms with van der Waals surface area (Å²) in [5.74, 6) is -1.25. The van der Waals surface area contributed by atoms with E-state index in [9.17, 15) is 13.6 Å². The lowest BCUT2D eigenvalue weighted by molar-refractivity contribution is 0.116. The first-order valence-corrected chi connectivity index (χ1v) is 13.1. The predicted octanol–water partition coefficient (Wildman–Crippen LogP) is 4.76. The quantitative estimate of drug-likeness (QED) is 0.276. The summed E-state index contributed by atoms with van der Waals surface area (Å²) in [7, 11) is 0. The predicted molar refractivity (Wildman–Crippen MR) is 144 cm³/mol. The molecule has 13 heteroatoms. The molecule has 6 rings (SSSR count). The third-order valence-electron chi connectivity index (χ3n) is 7.20. The van der Waals surface area contributed by atoms with Crippen LogP contribution in [-0.2, 0) is 6.54 Å². The van der Waals surface area contributed by atoms with E-state index in [0.717, 1.165) is 32.0 Å². The Balaban J connectivity index is 1.20. The maximum Gasteiger partial charge on any atom is 0.420 e. The first kappa shape index (κ1) is 26.7. The van der Waals surface area contributed by atoms with Gasteiger partial charge in [-0.2, -0.15) is 8.78 Å². The summed E-state index contributed by atoms with van der Waals surface area (Å²) >= 11 is 0. The second kappa shape index (κ2) is 10.8. The highest BCUT2D eigenvalue weighted by Crippen LogP contribution is 2.29. The maximum absolute atomic E-state index is 15.3. The van der Waals surface area contributed by atoms with Crippen molar-refractivity contribution in [1.29, 1.82) is 0 Å². The lowest BCUT2D eigenvalue weighted by atomic mass is 10.1. The Morgan fingerprint density at radius 2 is 1.68 bits per heavy atom. The molecule has 4 aromatic heterocycles. The fourth-order valence-corrected chi connectivity index (χ4v) is 4.90. The number of piperazine rings is 1. The molecule has 1 saturated heterocycles. The van der Waals surface area contributed by atoms with Crippen LogP contribution in [0.2, 0.25) is 0 Å². The zero-order valence-corrected chi connectivity index (χ0v) is 22.3. The minimum absolute atomic E-state index is 0.00264. The topological polar surface area (TPSA) is 106 Å². The van der Waals surface area contributed by atoms with E-state index in [2.05, 4.69) is 43.8 Å². The average Bonchev–Trinajstić information content (AvgIpc) is 3.59. The fraction of sp³-hybridized carbons (Fsp3) is 0.321. The van der Waals surface area contributed by atoms with Gasteiger partial charge in [-0.05, 0) is 44.2 Å². The number of rotatable bonds is 7. The molecule has 0 atom stereocenters. The van der Waals surface area contributed by atoms with Crippen molar-refractivity contribution in [1.82, 2.24) is 29.6 Å². The van der Waals surface area contributed by atoms with Crippen molar-refractivity contribution < 1.29 is 22.0 Å². The smallest absolute Gasteiger partial charge is 0.415 e. The minimum Gasteiger partial charge on any atom is -0.415 e. The van der Waals surface area contributed by atoms with Gasteiger partial charge in [0, 0.05) is 61.8 Å². The van der Waals surface area contributed by atoms with Gasteiger partial charge in [0.2, 0.25) is 5.89 Å². The van der Waals surface area contributed by atoms with Crippen LogP contribution < -0.4 is 10.7 Å². The first-order valence-electron chi connectivity index (χ1n) is 13.1. The van der Waals surface area contributed by atoms with Crippen LogP contribution in [0, 0.1) is 5.82 Å². The molecule has 1 fully saturated rings. The summed E-state index contributed by atoms with van der Waals surface area (Å²) in [6, 6.07) is 10.1. The number of pyridine rings is 2. The van der Waals surface area contributed by atoms with Gasteiger partial charge in [-0.25, -0.2) is 14.2 Å². The molecule has 0 amide bonds. The van der Waals surface area contributed by atoms with Gasteiger partial charge in [-0.15, -0.1) is 10.2 Å². The molecule has 0 bridgehead atoms. The number of hydrogen-bond acceptors (Lipinski definition) is 9. The van der Waals surface area contributed by atoms with E-state index in [1.807, 2.05) is 12.1 Å². The first-order chi connectivity index (χ1) is 19.8. The van der Waals surface area contributed by atoms with Gasteiger partial charge in [0.15, 0.2) is 5.58 Å². The number of halogens is 3. The van der Waals surface area contributed by atoms with E-state index in [1.165, 1.54) is 22.9 Å². The highest BCUT2D eigenvalue weighted by molar-refractivity contribution is 5.81. The Bertz CT molecular complexity index is 1720. The van der Waals surface area contributed by atoms with Gasteiger partial charge in [0.1, 0.15) is 11.6 Å². The van der Waals surface area contributed by atoms with E-state index in [4.69, 9.17) is 8.83 Å². The van der Waals surface area contributed by atoms with Crippen LogP contribution in [0.3, 0.4) is 0 Å². The van der Waals surface area contributed by atoms with Gasteiger partial charge in [0.25, 0.3) is 5.89 Å².